The van der Waals surface area contributed by atoms with Crippen LogP contribution in [0.15, 0.2) is 36.5 Å². The van der Waals surface area contributed by atoms with Crippen molar-refractivity contribution in [2.45, 2.75) is 13.5 Å². The first-order valence-corrected chi connectivity index (χ1v) is 6.38. The molecule has 4 heteroatoms. The van der Waals surface area contributed by atoms with Gasteiger partial charge >= 0.3 is 0 Å². The highest BCUT2D eigenvalue weighted by Crippen LogP contribution is 2.27. The van der Waals surface area contributed by atoms with Crippen LogP contribution in [-0.2, 0) is 6.54 Å². The van der Waals surface area contributed by atoms with Crippen LogP contribution in [-0.4, -0.2) is 4.98 Å². The number of aryl methyl sites for hydroxylation is 1. The molecule has 0 saturated carbocycles. The molecule has 1 aromatic carbocycles. The summed E-state index contributed by atoms with van der Waals surface area (Å²) >= 11 is 5.95. The molecule has 0 bridgehead atoms. The number of benzene rings is 1. The first kappa shape index (κ1) is 12.2. The summed E-state index contributed by atoms with van der Waals surface area (Å²) < 4.78 is 12.9. The van der Waals surface area contributed by atoms with Gasteiger partial charge in [0.1, 0.15) is 11.0 Å². The van der Waals surface area contributed by atoms with Crippen molar-refractivity contribution in [2.75, 3.05) is 4.90 Å². The van der Waals surface area contributed by atoms with Crippen LogP contribution in [0.1, 0.15) is 16.8 Å². The highest BCUT2D eigenvalue weighted by molar-refractivity contribution is 6.29. The summed E-state index contributed by atoms with van der Waals surface area (Å²) in [5.41, 5.74) is 4.13. The lowest BCUT2D eigenvalue weighted by atomic mass is 10.0. The predicted octanol–water partition coefficient (Wildman–Crippen LogP) is 4.17. The van der Waals surface area contributed by atoms with E-state index in [-0.39, 0.29) is 5.82 Å². The molecule has 1 aromatic heterocycles. The topological polar surface area (TPSA) is 16.1 Å². The monoisotopic (exact) mass is 274 g/mol. The molecule has 0 atom stereocenters. The normalized spacial score (nSPS) is 13.5. The molecule has 0 radical (unpaired) electrons. The van der Waals surface area contributed by atoms with Gasteiger partial charge in [-0.15, -0.1) is 0 Å². The van der Waals surface area contributed by atoms with Gasteiger partial charge in [-0.3, -0.25) is 0 Å². The molecule has 19 heavy (non-hydrogen) atoms. The van der Waals surface area contributed by atoms with E-state index >= 15 is 0 Å². The fraction of sp³-hybridized carbons (Fsp3) is 0.133. The predicted molar refractivity (Wildman–Crippen MR) is 75.6 cm³/mol. The lowest BCUT2D eigenvalue weighted by Gasteiger charge is -2.26. The summed E-state index contributed by atoms with van der Waals surface area (Å²) in [4.78, 5) is 6.37. The number of rotatable bonds is 1. The van der Waals surface area contributed by atoms with E-state index in [0.29, 0.717) is 11.7 Å². The second-order valence-corrected chi connectivity index (χ2v) is 4.93. The molecule has 2 heterocycles. The van der Waals surface area contributed by atoms with Gasteiger partial charge < -0.3 is 4.90 Å². The van der Waals surface area contributed by atoms with Crippen molar-refractivity contribution < 1.29 is 4.39 Å². The van der Waals surface area contributed by atoms with E-state index in [0.717, 1.165) is 22.5 Å². The van der Waals surface area contributed by atoms with Gasteiger partial charge in [0, 0.05) is 24.0 Å². The number of hydrogen-bond donors (Lipinski definition) is 0. The zero-order chi connectivity index (χ0) is 13.4. The fourth-order valence-electron chi connectivity index (χ4n) is 2.22. The summed E-state index contributed by atoms with van der Waals surface area (Å²) in [6.07, 6.45) is 3.87. The minimum absolute atomic E-state index is 0.227. The van der Waals surface area contributed by atoms with Crippen LogP contribution in [0.25, 0.3) is 6.08 Å². The molecule has 0 aliphatic carbocycles. The Balaban J connectivity index is 1.97. The van der Waals surface area contributed by atoms with Crippen molar-refractivity contribution in [1.29, 1.82) is 0 Å². The maximum Gasteiger partial charge on any atom is 0.130 e. The molecule has 0 spiro atoms. The third-order valence-electron chi connectivity index (χ3n) is 3.25. The summed E-state index contributed by atoms with van der Waals surface area (Å²) in [7, 11) is 0. The second-order valence-electron chi connectivity index (χ2n) is 4.55. The Morgan fingerprint density at radius 2 is 2.00 bits per heavy atom. The number of anilines is 1. The highest BCUT2D eigenvalue weighted by Gasteiger charge is 2.16. The van der Waals surface area contributed by atoms with Gasteiger partial charge in [0.25, 0.3) is 0 Å². The number of fused-ring (bicyclic) bond motifs is 1. The van der Waals surface area contributed by atoms with Gasteiger partial charge in [0.2, 0.25) is 0 Å². The zero-order valence-corrected chi connectivity index (χ0v) is 11.2. The van der Waals surface area contributed by atoms with Crippen molar-refractivity contribution >= 4 is 23.4 Å². The van der Waals surface area contributed by atoms with E-state index in [9.17, 15) is 4.39 Å². The molecular formula is C15H12ClFN2. The van der Waals surface area contributed by atoms with Crippen LogP contribution < -0.4 is 4.90 Å². The van der Waals surface area contributed by atoms with Crippen LogP contribution in [0.4, 0.5) is 10.1 Å². The third-order valence-corrected chi connectivity index (χ3v) is 3.44. The SMILES string of the molecule is Cc1cc(Cl)nc2c1CN(c1ccc(F)cc1)C=C2. The Labute approximate surface area is 116 Å². The summed E-state index contributed by atoms with van der Waals surface area (Å²) in [5, 5.41) is 0.510. The number of hydrogen-bond acceptors (Lipinski definition) is 2. The highest BCUT2D eigenvalue weighted by atomic mass is 35.5. The Morgan fingerprint density at radius 1 is 1.26 bits per heavy atom. The van der Waals surface area contributed by atoms with E-state index in [4.69, 9.17) is 11.6 Å². The molecule has 0 unspecified atom stereocenters. The van der Waals surface area contributed by atoms with Gasteiger partial charge in [0.15, 0.2) is 0 Å². The van der Waals surface area contributed by atoms with Crippen molar-refractivity contribution in [2.24, 2.45) is 0 Å². The number of pyridine rings is 1. The summed E-state index contributed by atoms with van der Waals surface area (Å²) in [6, 6.07) is 8.33. The zero-order valence-electron chi connectivity index (χ0n) is 10.4. The average Bonchev–Trinajstić information content (AvgIpc) is 2.39. The van der Waals surface area contributed by atoms with E-state index in [1.54, 1.807) is 12.1 Å². The van der Waals surface area contributed by atoms with Crippen LogP contribution in [0.2, 0.25) is 5.15 Å². The molecule has 0 fully saturated rings. The van der Waals surface area contributed by atoms with Gasteiger partial charge in [-0.25, -0.2) is 9.37 Å². The minimum atomic E-state index is -0.227. The van der Waals surface area contributed by atoms with Crippen LogP contribution in [0, 0.1) is 12.7 Å². The maximum absolute atomic E-state index is 12.9. The number of nitrogens with zero attached hydrogens (tertiary/aromatic N) is 2. The molecule has 1 aliphatic rings. The molecule has 1 aliphatic heterocycles. The van der Waals surface area contributed by atoms with Gasteiger partial charge in [-0.1, -0.05) is 11.6 Å². The Hall–Kier alpha value is -1.87. The van der Waals surface area contributed by atoms with Crippen molar-refractivity contribution in [3.63, 3.8) is 0 Å². The van der Waals surface area contributed by atoms with Crippen LogP contribution >= 0.6 is 11.6 Å². The number of aromatic nitrogens is 1. The maximum atomic E-state index is 12.9. The second kappa shape index (κ2) is 4.67. The molecule has 0 amide bonds. The van der Waals surface area contributed by atoms with E-state index in [2.05, 4.69) is 9.88 Å². The molecule has 0 saturated heterocycles. The largest absolute Gasteiger partial charge is 0.343 e. The van der Waals surface area contributed by atoms with Crippen LogP contribution in [0.5, 0.6) is 0 Å². The molecule has 2 nitrogen and oxygen atoms in total. The molecule has 2 aromatic rings. The first-order chi connectivity index (χ1) is 9.13. The Kier molecular flexibility index (Phi) is 2.99. The quantitative estimate of drug-likeness (QED) is 0.726. The van der Waals surface area contributed by atoms with Crippen molar-refractivity contribution in [3.05, 3.63) is 64.3 Å². The lowest BCUT2D eigenvalue weighted by Crippen LogP contribution is -2.20. The molecule has 96 valence electrons. The van der Waals surface area contributed by atoms with Gasteiger partial charge in [-0.2, -0.15) is 0 Å². The van der Waals surface area contributed by atoms with Crippen LogP contribution in [0.3, 0.4) is 0 Å². The summed E-state index contributed by atoms with van der Waals surface area (Å²) in [5.74, 6) is -0.227. The third kappa shape index (κ3) is 2.34. The van der Waals surface area contributed by atoms with Gasteiger partial charge in [-0.05, 0) is 48.9 Å². The van der Waals surface area contributed by atoms with Crippen molar-refractivity contribution in [3.8, 4) is 0 Å². The standard InChI is InChI=1S/C15H12ClFN2/c1-10-8-15(16)18-14-6-7-19(9-13(10)14)12-4-2-11(17)3-5-12/h2-8H,9H2,1H3. The Bertz CT molecular complexity index is 650. The smallest absolute Gasteiger partial charge is 0.130 e. The van der Waals surface area contributed by atoms with E-state index in [1.807, 2.05) is 25.3 Å². The Morgan fingerprint density at radius 3 is 2.74 bits per heavy atom. The number of halogens is 2. The van der Waals surface area contributed by atoms with E-state index in [1.165, 1.54) is 12.1 Å². The lowest BCUT2D eigenvalue weighted by molar-refractivity contribution is 0.627. The summed E-state index contributed by atoms with van der Waals surface area (Å²) in [6.45, 7) is 2.74. The fourth-order valence-corrected chi connectivity index (χ4v) is 2.47. The first-order valence-electron chi connectivity index (χ1n) is 6.00. The minimum Gasteiger partial charge on any atom is -0.343 e. The van der Waals surface area contributed by atoms with Crippen molar-refractivity contribution in [1.82, 2.24) is 4.98 Å². The van der Waals surface area contributed by atoms with E-state index < -0.39 is 0 Å². The molecule has 3 rings (SSSR count). The van der Waals surface area contributed by atoms with Gasteiger partial charge in [0.05, 0.1) is 5.69 Å². The molecular weight excluding hydrogens is 263 g/mol. The average molecular weight is 275 g/mol. The molecule has 0 N–H and O–H groups in total.